The lowest BCUT2D eigenvalue weighted by molar-refractivity contribution is 0.0772. The van der Waals surface area contributed by atoms with Crippen LogP contribution in [0.25, 0.3) is 0 Å². The summed E-state index contributed by atoms with van der Waals surface area (Å²) in [6, 6.07) is 7.49. The third-order valence-electron chi connectivity index (χ3n) is 5.77. The fourth-order valence-corrected chi connectivity index (χ4v) is 4.03. The number of hydrogen-bond donors (Lipinski definition) is 1. The monoisotopic (exact) mass is 375 g/mol. The highest BCUT2D eigenvalue weighted by molar-refractivity contribution is 5.97. The first kappa shape index (κ1) is 20.1. The zero-order chi connectivity index (χ0) is 19.2. The van der Waals surface area contributed by atoms with Crippen molar-refractivity contribution in [1.29, 1.82) is 0 Å². The zero-order valence-electron chi connectivity index (χ0n) is 16.6. The molecule has 150 valence electrons. The van der Waals surface area contributed by atoms with Gasteiger partial charge in [0.2, 0.25) is 0 Å². The minimum Gasteiger partial charge on any atom is -0.493 e. The van der Waals surface area contributed by atoms with E-state index in [1.807, 2.05) is 29.2 Å². The van der Waals surface area contributed by atoms with Crippen molar-refractivity contribution >= 4 is 5.91 Å². The maximum atomic E-state index is 13.1. The minimum absolute atomic E-state index is 0.0148. The lowest BCUT2D eigenvalue weighted by Crippen LogP contribution is -2.47. The molecule has 0 unspecified atom stereocenters. The molecule has 1 aromatic carbocycles. The molecular formula is C21H33N3O3. The van der Waals surface area contributed by atoms with Crippen molar-refractivity contribution in [3.05, 3.63) is 29.8 Å². The van der Waals surface area contributed by atoms with Crippen LogP contribution in [-0.2, 0) is 0 Å². The third-order valence-corrected chi connectivity index (χ3v) is 5.77. The summed E-state index contributed by atoms with van der Waals surface area (Å²) in [6.07, 6.45) is 0.909. The summed E-state index contributed by atoms with van der Waals surface area (Å²) in [5, 5.41) is 9.86. The van der Waals surface area contributed by atoms with E-state index in [1.165, 1.54) is 0 Å². The van der Waals surface area contributed by atoms with Gasteiger partial charge in [-0.3, -0.25) is 4.79 Å². The maximum absolute atomic E-state index is 13.1. The number of aliphatic hydroxyl groups excluding tert-OH is 1. The lowest BCUT2D eigenvalue weighted by atomic mass is 9.96. The number of ether oxygens (including phenoxy) is 1. The topological polar surface area (TPSA) is 56.2 Å². The highest BCUT2D eigenvalue weighted by Crippen LogP contribution is 2.28. The van der Waals surface area contributed by atoms with E-state index >= 15 is 0 Å². The molecule has 0 saturated carbocycles. The molecule has 2 aliphatic rings. The van der Waals surface area contributed by atoms with Gasteiger partial charge in [0.15, 0.2) is 0 Å². The molecule has 6 heteroatoms. The summed E-state index contributed by atoms with van der Waals surface area (Å²) < 4.78 is 5.77. The number of benzene rings is 1. The highest BCUT2D eigenvalue weighted by Gasteiger charge is 2.37. The fourth-order valence-electron chi connectivity index (χ4n) is 4.03. The molecule has 0 aromatic heterocycles. The Morgan fingerprint density at radius 3 is 2.56 bits per heavy atom. The van der Waals surface area contributed by atoms with E-state index in [0.29, 0.717) is 36.9 Å². The van der Waals surface area contributed by atoms with Crippen LogP contribution in [-0.4, -0.2) is 91.8 Å². The number of likely N-dealkylation sites (N-methyl/N-ethyl adjacent to an activating group) is 1. The van der Waals surface area contributed by atoms with Crippen LogP contribution < -0.4 is 4.74 Å². The Bertz CT molecular complexity index is 616. The molecule has 2 heterocycles. The molecule has 27 heavy (non-hydrogen) atoms. The van der Waals surface area contributed by atoms with E-state index in [1.54, 1.807) is 0 Å². The van der Waals surface area contributed by atoms with Crippen LogP contribution in [0.3, 0.4) is 0 Å². The average Bonchev–Trinajstić information content (AvgIpc) is 3.10. The Morgan fingerprint density at radius 1 is 1.15 bits per heavy atom. The van der Waals surface area contributed by atoms with Crippen molar-refractivity contribution in [2.24, 2.45) is 11.8 Å². The first-order valence-electron chi connectivity index (χ1n) is 10.1. The van der Waals surface area contributed by atoms with Crippen LogP contribution in [0.4, 0.5) is 0 Å². The van der Waals surface area contributed by atoms with Gasteiger partial charge in [0.25, 0.3) is 5.91 Å². The van der Waals surface area contributed by atoms with Gasteiger partial charge in [-0.15, -0.1) is 0 Å². The maximum Gasteiger partial charge on any atom is 0.257 e. The van der Waals surface area contributed by atoms with Gasteiger partial charge in [0.05, 0.1) is 12.2 Å². The largest absolute Gasteiger partial charge is 0.493 e. The molecule has 0 spiro atoms. The Kier molecular flexibility index (Phi) is 7.10. The second-order valence-corrected chi connectivity index (χ2v) is 7.86. The van der Waals surface area contributed by atoms with E-state index in [2.05, 4.69) is 23.8 Å². The van der Waals surface area contributed by atoms with Crippen molar-refractivity contribution in [2.45, 2.75) is 13.3 Å². The second-order valence-electron chi connectivity index (χ2n) is 7.86. The molecule has 2 saturated heterocycles. The Morgan fingerprint density at radius 2 is 1.85 bits per heavy atom. The van der Waals surface area contributed by atoms with Crippen molar-refractivity contribution in [1.82, 2.24) is 14.7 Å². The molecule has 0 bridgehead atoms. The molecule has 2 atom stereocenters. The normalized spacial score (nSPS) is 24.3. The number of para-hydroxylation sites is 1. The molecule has 2 aliphatic heterocycles. The SMILES string of the molecule is CCCOc1ccccc1C(=O)N1C[C@@H](CN2CCN(C)CC2)[C@@H](CO)C1. The number of likely N-dealkylation sites (tertiary alicyclic amines) is 1. The predicted octanol–water partition coefficient (Wildman–Crippen LogP) is 1.40. The van der Waals surface area contributed by atoms with E-state index in [9.17, 15) is 9.90 Å². The lowest BCUT2D eigenvalue weighted by Gasteiger charge is -2.34. The summed E-state index contributed by atoms with van der Waals surface area (Å²) >= 11 is 0. The number of carbonyl (C=O) groups excluding carboxylic acids is 1. The smallest absolute Gasteiger partial charge is 0.257 e. The molecule has 1 N–H and O–H groups in total. The van der Waals surface area contributed by atoms with Crippen LogP contribution in [0.2, 0.25) is 0 Å². The molecular weight excluding hydrogens is 342 g/mol. The highest BCUT2D eigenvalue weighted by atomic mass is 16.5. The number of hydrogen-bond acceptors (Lipinski definition) is 5. The quantitative estimate of drug-likeness (QED) is 0.781. The molecule has 2 fully saturated rings. The van der Waals surface area contributed by atoms with Crippen LogP contribution in [0.1, 0.15) is 23.7 Å². The summed E-state index contributed by atoms with van der Waals surface area (Å²) in [6.45, 7) is 9.37. The zero-order valence-corrected chi connectivity index (χ0v) is 16.6. The number of aliphatic hydroxyl groups is 1. The van der Waals surface area contributed by atoms with Crippen LogP contribution in [0.15, 0.2) is 24.3 Å². The van der Waals surface area contributed by atoms with Crippen molar-refractivity contribution in [3.63, 3.8) is 0 Å². The van der Waals surface area contributed by atoms with E-state index in [-0.39, 0.29) is 18.4 Å². The van der Waals surface area contributed by atoms with Gasteiger partial charge in [0, 0.05) is 58.3 Å². The first-order chi connectivity index (χ1) is 13.1. The van der Waals surface area contributed by atoms with Crippen LogP contribution in [0, 0.1) is 11.8 Å². The Hall–Kier alpha value is -1.63. The molecule has 1 aromatic rings. The van der Waals surface area contributed by atoms with Gasteiger partial charge in [-0.05, 0) is 31.5 Å². The standard InChI is InChI=1S/C21H33N3O3/c1-3-12-27-20-7-5-4-6-19(20)21(26)24-14-17(18(15-24)16-25)13-23-10-8-22(2)9-11-23/h4-7,17-18,25H,3,8-16H2,1-2H3/t17-,18-/m1/s1. The predicted molar refractivity (Wildman–Crippen MR) is 106 cm³/mol. The Labute approximate surface area is 162 Å². The molecule has 6 nitrogen and oxygen atoms in total. The van der Waals surface area contributed by atoms with Gasteiger partial charge in [-0.2, -0.15) is 0 Å². The van der Waals surface area contributed by atoms with Crippen molar-refractivity contribution in [3.8, 4) is 5.75 Å². The van der Waals surface area contributed by atoms with Gasteiger partial charge in [-0.25, -0.2) is 0 Å². The van der Waals surface area contributed by atoms with Crippen LogP contribution in [0.5, 0.6) is 5.75 Å². The first-order valence-corrected chi connectivity index (χ1v) is 10.1. The summed E-state index contributed by atoms with van der Waals surface area (Å²) in [5.74, 6) is 1.15. The van der Waals surface area contributed by atoms with Crippen molar-refractivity contribution < 1.29 is 14.6 Å². The second kappa shape index (κ2) is 9.53. The summed E-state index contributed by atoms with van der Waals surface area (Å²) in [7, 11) is 2.15. The van der Waals surface area contributed by atoms with E-state index in [4.69, 9.17) is 4.74 Å². The fraction of sp³-hybridized carbons (Fsp3) is 0.667. The van der Waals surface area contributed by atoms with Gasteiger partial charge >= 0.3 is 0 Å². The van der Waals surface area contributed by atoms with Gasteiger partial charge < -0.3 is 24.5 Å². The number of nitrogens with zero attached hydrogens (tertiary/aromatic N) is 3. The number of piperazine rings is 1. The van der Waals surface area contributed by atoms with E-state index in [0.717, 1.165) is 39.1 Å². The number of carbonyl (C=O) groups is 1. The van der Waals surface area contributed by atoms with Gasteiger partial charge in [-0.1, -0.05) is 19.1 Å². The molecule has 1 amide bonds. The average molecular weight is 376 g/mol. The summed E-state index contributed by atoms with van der Waals surface area (Å²) in [4.78, 5) is 19.8. The summed E-state index contributed by atoms with van der Waals surface area (Å²) in [5.41, 5.74) is 0.628. The molecule has 3 rings (SSSR count). The van der Waals surface area contributed by atoms with Crippen LogP contribution >= 0.6 is 0 Å². The number of amides is 1. The molecule has 0 aliphatic carbocycles. The van der Waals surface area contributed by atoms with Gasteiger partial charge in [0.1, 0.15) is 5.75 Å². The molecule has 0 radical (unpaired) electrons. The Balaban J connectivity index is 1.65. The third kappa shape index (κ3) is 5.00. The van der Waals surface area contributed by atoms with E-state index < -0.39 is 0 Å². The number of rotatable bonds is 7. The van der Waals surface area contributed by atoms with Crippen molar-refractivity contribution in [2.75, 3.05) is 66.1 Å². The minimum atomic E-state index is 0.0148.